The predicted molar refractivity (Wildman–Crippen MR) is 71.2 cm³/mol. The van der Waals surface area contributed by atoms with E-state index >= 15 is 0 Å². The second-order valence-electron chi connectivity index (χ2n) is 6.20. The van der Waals surface area contributed by atoms with E-state index in [0.29, 0.717) is 0 Å². The zero-order valence-electron chi connectivity index (χ0n) is 12.5. The van der Waals surface area contributed by atoms with Crippen LogP contribution in [-0.2, 0) is 14.3 Å². The normalized spacial score (nSPS) is 13.6. The lowest BCUT2D eigenvalue weighted by atomic mass is 10.1. The second kappa shape index (κ2) is 6.72. The van der Waals surface area contributed by atoms with Gasteiger partial charge in [-0.05, 0) is 41.5 Å². The predicted octanol–water partition coefficient (Wildman–Crippen LogP) is 0.685. The molecule has 0 saturated heterocycles. The molecule has 7 nitrogen and oxygen atoms in total. The van der Waals surface area contributed by atoms with E-state index in [1.165, 1.54) is 0 Å². The number of ether oxygens (including phenoxy) is 2. The highest BCUT2D eigenvalue weighted by atomic mass is 16.6. The van der Waals surface area contributed by atoms with Gasteiger partial charge in [0, 0.05) is 5.54 Å². The minimum Gasteiger partial charge on any atom is -0.434 e. The Labute approximate surface area is 114 Å². The molecule has 7 heteroatoms. The molecule has 4 N–H and O–H groups in total. The van der Waals surface area contributed by atoms with Gasteiger partial charge in [-0.3, -0.25) is 10.2 Å². The summed E-state index contributed by atoms with van der Waals surface area (Å²) in [6.07, 6.45) is -1.79. The number of hydrogen-bond acceptors (Lipinski definition) is 5. The van der Waals surface area contributed by atoms with Crippen LogP contribution in [-0.4, -0.2) is 35.9 Å². The summed E-state index contributed by atoms with van der Waals surface area (Å²) in [5, 5.41) is 2.59. The standard InChI is InChI=1S/C12H25N3O4/c1-11(2,3)14-10(17)19-8(9(16)15-13)7-18-12(4,5)6/h8H,7,13H2,1-6H3,(H,14,17)(H,15,16)/t8-/m0/s1. The summed E-state index contributed by atoms with van der Waals surface area (Å²) in [5.74, 6) is 4.43. The Kier molecular flexibility index (Phi) is 6.24. The van der Waals surface area contributed by atoms with Gasteiger partial charge in [0.25, 0.3) is 5.91 Å². The first kappa shape index (κ1) is 17.7. The maximum atomic E-state index is 11.6. The van der Waals surface area contributed by atoms with Gasteiger partial charge < -0.3 is 14.8 Å². The number of nitrogens with one attached hydrogen (secondary N) is 2. The largest absolute Gasteiger partial charge is 0.434 e. The minimum atomic E-state index is -1.09. The molecule has 19 heavy (non-hydrogen) atoms. The third-order valence-corrected chi connectivity index (χ3v) is 1.83. The third-order valence-electron chi connectivity index (χ3n) is 1.83. The van der Waals surface area contributed by atoms with E-state index in [0.717, 1.165) is 0 Å². The molecule has 2 amide bonds. The quantitative estimate of drug-likeness (QED) is 0.398. The number of amides is 2. The zero-order chi connectivity index (χ0) is 15.3. The van der Waals surface area contributed by atoms with Gasteiger partial charge in [0.2, 0.25) is 6.10 Å². The molecule has 1 atom stereocenters. The van der Waals surface area contributed by atoms with Crippen molar-refractivity contribution in [1.82, 2.24) is 10.7 Å². The Morgan fingerprint density at radius 1 is 1.16 bits per heavy atom. The molecule has 0 radical (unpaired) electrons. The van der Waals surface area contributed by atoms with Crippen LogP contribution < -0.4 is 16.6 Å². The highest BCUT2D eigenvalue weighted by Crippen LogP contribution is 2.09. The van der Waals surface area contributed by atoms with Gasteiger partial charge in [0.1, 0.15) is 0 Å². The first-order valence-corrected chi connectivity index (χ1v) is 6.08. The summed E-state index contributed by atoms with van der Waals surface area (Å²) in [4.78, 5) is 23.1. The van der Waals surface area contributed by atoms with Crippen molar-refractivity contribution in [1.29, 1.82) is 0 Å². The molecule has 0 aromatic heterocycles. The summed E-state index contributed by atoms with van der Waals surface area (Å²) in [5.41, 5.74) is 1.05. The number of carbonyl (C=O) groups is 2. The van der Waals surface area contributed by atoms with Crippen molar-refractivity contribution in [2.24, 2.45) is 5.84 Å². The van der Waals surface area contributed by atoms with Crippen molar-refractivity contribution in [2.45, 2.75) is 58.8 Å². The Morgan fingerprint density at radius 3 is 2.05 bits per heavy atom. The number of nitrogens with two attached hydrogens (primary N) is 1. The molecule has 0 aromatic carbocycles. The molecular formula is C12H25N3O4. The topological polar surface area (TPSA) is 103 Å². The number of hydrazine groups is 1. The van der Waals surface area contributed by atoms with Crippen LogP contribution in [0.5, 0.6) is 0 Å². The highest BCUT2D eigenvalue weighted by molar-refractivity contribution is 5.83. The molecule has 0 fully saturated rings. The maximum absolute atomic E-state index is 11.6. The fraction of sp³-hybridized carbons (Fsp3) is 0.833. The van der Waals surface area contributed by atoms with Crippen LogP contribution in [0.15, 0.2) is 0 Å². The number of carbonyl (C=O) groups excluding carboxylic acids is 2. The molecule has 0 bridgehead atoms. The first-order valence-electron chi connectivity index (χ1n) is 6.08. The Bertz CT molecular complexity index is 318. The van der Waals surface area contributed by atoms with Gasteiger partial charge in [-0.25, -0.2) is 10.6 Å². The first-order chi connectivity index (χ1) is 8.44. The van der Waals surface area contributed by atoms with Crippen molar-refractivity contribution >= 4 is 12.0 Å². The summed E-state index contributed by atoms with van der Waals surface area (Å²) in [6.45, 7) is 10.8. The number of hydrogen-bond donors (Lipinski definition) is 3. The molecule has 0 spiro atoms. The van der Waals surface area contributed by atoms with Crippen molar-refractivity contribution in [3.05, 3.63) is 0 Å². The van der Waals surface area contributed by atoms with Crippen LogP contribution in [0.3, 0.4) is 0 Å². The van der Waals surface area contributed by atoms with Crippen molar-refractivity contribution in [3.8, 4) is 0 Å². The van der Waals surface area contributed by atoms with Crippen LogP contribution in [0.1, 0.15) is 41.5 Å². The molecule has 0 aromatic rings. The number of alkyl carbamates (subject to hydrolysis) is 1. The van der Waals surface area contributed by atoms with E-state index in [2.05, 4.69) is 5.32 Å². The smallest absolute Gasteiger partial charge is 0.408 e. The molecule has 0 heterocycles. The Balaban J connectivity index is 4.52. The summed E-state index contributed by atoms with van der Waals surface area (Å²) in [6, 6.07) is 0. The van der Waals surface area contributed by atoms with Crippen molar-refractivity contribution in [2.75, 3.05) is 6.61 Å². The molecule has 0 saturated carbocycles. The van der Waals surface area contributed by atoms with Crippen molar-refractivity contribution < 1.29 is 19.1 Å². The molecule has 0 aliphatic heterocycles. The van der Waals surface area contributed by atoms with Crippen LogP contribution >= 0.6 is 0 Å². The van der Waals surface area contributed by atoms with E-state index in [-0.39, 0.29) is 6.61 Å². The van der Waals surface area contributed by atoms with Crippen LogP contribution in [0.25, 0.3) is 0 Å². The highest BCUT2D eigenvalue weighted by Gasteiger charge is 2.26. The van der Waals surface area contributed by atoms with Crippen LogP contribution in [0, 0.1) is 0 Å². The summed E-state index contributed by atoms with van der Waals surface area (Å²) in [7, 11) is 0. The molecule has 0 aliphatic carbocycles. The van der Waals surface area contributed by atoms with E-state index in [1.807, 2.05) is 26.2 Å². The third kappa shape index (κ3) is 9.26. The molecule has 112 valence electrons. The number of rotatable bonds is 4. The van der Waals surface area contributed by atoms with Gasteiger partial charge in [-0.2, -0.15) is 0 Å². The van der Waals surface area contributed by atoms with Gasteiger partial charge in [0.15, 0.2) is 0 Å². The minimum absolute atomic E-state index is 0.0654. The summed E-state index contributed by atoms with van der Waals surface area (Å²) >= 11 is 0. The van der Waals surface area contributed by atoms with Gasteiger partial charge in [0.05, 0.1) is 12.2 Å². The van der Waals surface area contributed by atoms with Crippen molar-refractivity contribution in [3.63, 3.8) is 0 Å². The Morgan fingerprint density at radius 2 is 1.68 bits per heavy atom. The lowest BCUT2D eigenvalue weighted by Crippen LogP contribution is -2.49. The fourth-order valence-electron chi connectivity index (χ4n) is 1.05. The lowest BCUT2D eigenvalue weighted by molar-refractivity contribution is -0.136. The SMILES string of the molecule is CC(C)(C)NC(=O)O[C@@H](COC(C)(C)C)C(=O)NN. The van der Waals surface area contributed by atoms with E-state index < -0.39 is 29.2 Å². The monoisotopic (exact) mass is 275 g/mol. The summed E-state index contributed by atoms with van der Waals surface area (Å²) < 4.78 is 10.4. The molecule has 0 rings (SSSR count). The van der Waals surface area contributed by atoms with Crippen LogP contribution in [0.2, 0.25) is 0 Å². The maximum Gasteiger partial charge on any atom is 0.408 e. The molecule has 0 unspecified atom stereocenters. The van der Waals surface area contributed by atoms with Gasteiger partial charge in [-0.15, -0.1) is 0 Å². The molecular weight excluding hydrogens is 250 g/mol. The zero-order valence-corrected chi connectivity index (χ0v) is 12.5. The van der Waals surface area contributed by atoms with E-state index in [9.17, 15) is 9.59 Å². The average molecular weight is 275 g/mol. The second-order valence-corrected chi connectivity index (χ2v) is 6.20. The average Bonchev–Trinajstić information content (AvgIpc) is 2.19. The molecule has 0 aliphatic rings. The van der Waals surface area contributed by atoms with E-state index in [4.69, 9.17) is 15.3 Å². The lowest BCUT2D eigenvalue weighted by Gasteiger charge is -2.25. The van der Waals surface area contributed by atoms with Crippen LogP contribution in [0.4, 0.5) is 4.79 Å². The van der Waals surface area contributed by atoms with Gasteiger partial charge >= 0.3 is 6.09 Å². The fourth-order valence-corrected chi connectivity index (χ4v) is 1.05. The van der Waals surface area contributed by atoms with E-state index in [1.54, 1.807) is 20.8 Å². The Hall–Kier alpha value is -1.34. The van der Waals surface area contributed by atoms with Gasteiger partial charge in [-0.1, -0.05) is 0 Å².